The number of nitrogens with zero attached hydrogens (tertiary/aromatic N) is 1. The van der Waals surface area contributed by atoms with Crippen LogP contribution in [0.25, 0.3) is 11.0 Å². The van der Waals surface area contributed by atoms with Gasteiger partial charge in [-0.3, -0.25) is 0 Å². The van der Waals surface area contributed by atoms with Crippen molar-refractivity contribution in [1.82, 2.24) is 9.97 Å². The molecule has 0 bridgehead atoms. The normalized spacial score (nSPS) is 12.3. The molecule has 0 spiro atoms. The van der Waals surface area contributed by atoms with Gasteiger partial charge in [0.1, 0.15) is 11.3 Å². The van der Waals surface area contributed by atoms with Crippen LogP contribution in [0.1, 0.15) is 17.0 Å². The number of aromatic amines is 1. The lowest BCUT2D eigenvalue weighted by molar-refractivity contribution is -0.136. The van der Waals surface area contributed by atoms with Crippen molar-refractivity contribution in [3.05, 3.63) is 29.1 Å². The summed E-state index contributed by atoms with van der Waals surface area (Å²) in [6.45, 7) is 2.05. The minimum absolute atomic E-state index is 0.0285. The first-order chi connectivity index (χ1) is 8.41. The number of hydrogen-bond donors (Lipinski definition) is 1. The Balaban J connectivity index is 2.53. The number of ether oxygens (including phenoxy) is 1. The van der Waals surface area contributed by atoms with Crippen LogP contribution in [0.15, 0.2) is 12.1 Å². The topological polar surface area (TPSA) is 37.9 Å². The van der Waals surface area contributed by atoms with E-state index in [1.54, 1.807) is 13.0 Å². The lowest BCUT2D eigenvalue weighted by Gasteiger charge is -2.07. The maximum Gasteiger partial charge on any atom is 0.418 e. The molecule has 0 fully saturated rings. The SMILES string of the molecule is COCCc1nc2c(C(F)(F)F)cc(C)cc2[nH]1. The summed E-state index contributed by atoms with van der Waals surface area (Å²) in [6, 6.07) is 2.77. The number of aryl methyl sites for hydroxylation is 1. The van der Waals surface area contributed by atoms with Crippen LogP contribution in [0, 0.1) is 6.92 Å². The molecule has 0 radical (unpaired) electrons. The van der Waals surface area contributed by atoms with Gasteiger partial charge in [-0.25, -0.2) is 4.98 Å². The van der Waals surface area contributed by atoms with Gasteiger partial charge in [0.2, 0.25) is 0 Å². The molecular formula is C12H13F3N2O. The van der Waals surface area contributed by atoms with E-state index in [0.29, 0.717) is 29.9 Å². The van der Waals surface area contributed by atoms with Crippen LogP contribution in [-0.4, -0.2) is 23.7 Å². The van der Waals surface area contributed by atoms with Crippen molar-refractivity contribution >= 4 is 11.0 Å². The predicted molar refractivity (Wildman–Crippen MR) is 61.4 cm³/mol. The Morgan fingerprint density at radius 3 is 2.67 bits per heavy atom. The number of alkyl halides is 3. The van der Waals surface area contributed by atoms with Crippen LogP contribution in [0.3, 0.4) is 0 Å². The first-order valence-electron chi connectivity index (χ1n) is 5.47. The van der Waals surface area contributed by atoms with Crippen molar-refractivity contribution in [2.75, 3.05) is 13.7 Å². The van der Waals surface area contributed by atoms with Gasteiger partial charge >= 0.3 is 6.18 Å². The molecule has 0 aliphatic carbocycles. The molecule has 0 saturated carbocycles. The fourth-order valence-corrected chi connectivity index (χ4v) is 1.85. The third-order valence-corrected chi connectivity index (χ3v) is 2.63. The van der Waals surface area contributed by atoms with E-state index in [9.17, 15) is 13.2 Å². The average Bonchev–Trinajstić information content (AvgIpc) is 2.66. The second-order valence-corrected chi connectivity index (χ2v) is 4.13. The molecule has 0 atom stereocenters. The zero-order valence-corrected chi connectivity index (χ0v) is 10.1. The van der Waals surface area contributed by atoms with Crippen molar-refractivity contribution in [3.63, 3.8) is 0 Å². The Morgan fingerprint density at radius 2 is 2.06 bits per heavy atom. The Bertz CT molecular complexity index is 560. The van der Waals surface area contributed by atoms with Gasteiger partial charge in [0.15, 0.2) is 0 Å². The van der Waals surface area contributed by atoms with E-state index >= 15 is 0 Å². The number of H-pyrrole nitrogens is 1. The number of rotatable bonds is 3. The Morgan fingerprint density at radius 1 is 1.33 bits per heavy atom. The van der Waals surface area contributed by atoms with Crippen molar-refractivity contribution in [2.24, 2.45) is 0 Å². The molecule has 1 aromatic heterocycles. The lowest BCUT2D eigenvalue weighted by Crippen LogP contribution is -2.06. The number of benzene rings is 1. The molecule has 98 valence electrons. The van der Waals surface area contributed by atoms with Crippen LogP contribution >= 0.6 is 0 Å². The second kappa shape index (κ2) is 4.61. The summed E-state index contributed by atoms with van der Waals surface area (Å²) < 4.78 is 43.5. The van der Waals surface area contributed by atoms with E-state index < -0.39 is 11.7 Å². The van der Waals surface area contributed by atoms with E-state index in [1.165, 1.54) is 7.11 Å². The highest BCUT2D eigenvalue weighted by Gasteiger charge is 2.34. The quantitative estimate of drug-likeness (QED) is 0.918. The number of methoxy groups -OCH3 is 1. The summed E-state index contributed by atoms with van der Waals surface area (Å²) in [6.07, 6.45) is -3.93. The van der Waals surface area contributed by atoms with Gasteiger partial charge in [0, 0.05) is 13.5 Å². The van der Waals surface area contributed by atoms with Gasteiger partial charge in [-0.05, 0) is 24.6 Å². The van der Waals surface area contributed by atoms with Crippen LogP contribution in [0.4, 0.5) is 13.2 Å². The number of imidazole rings is 1. The average molecular weight is 258 g/mol. The van der Waals surface area contributed by atoms with Crippen LogP contribution in [0.2, 0.25) is 0 Å². The number of halogens is 3. The molecule has 3 nitrogen and oxygen atoms in total. The lowest BCUT2D eigenvalue weighted by atomic mass is 10.1. The smallest absolute Gasteiger partial charge is 0.384 e. The molecule has 0 saturated heterocycles. The maximum atomic E-state index is 12.9. The summed E-state index contributed by atoms with van der Waals surface area (Å²) in [5, 5.41) is 0. The highest BCUT2D eigenvalue weighted by atomic mass is 19.4. The Labute approximate surface area is 102 Å². The highest BCUT2D eigenvalue weighted by molar-refractivity contribution is 5.80. The van der Waals surface area contributed by atoms with Crippen LogP contribution < -0.4 is 0 Å². The second-order valence-electron chi connectivity index (χ2n) is 4.13. The minimum Gasteiger partial charge on any atom is -0.384 e. The van der Waals surface area contributed by atoms with E-state index in [1.807, 2.05) is 0 Å². The summed E-state index contributed by atoms with van der Waals surface area (Å²) in [5.41, 5.74) is 0.238. The molecule has 0 aliphatic rings. The molecule has 0 aliphatic heterocycles. The van der Waals surface area contributed by atoms with Gasteiger partial charge in [0.25, 0.3) is 0 Å². The molecule has 1 heterocycles. The number of hydrogen-bond acceptors (Lipinski definition) is 2. The van der Waals surface area contributed by atoms with Crippen molar-refractivity contribution in [3.8, 4) is 0 Å². The maximum absolute atomic E-state index is 12.9. The third kappa shape index (κ3) is 2.48. The molecule has 1 N–H and O–H groups in total. The molecule has 0 amide bonds. The number of aromatic nitrogens is 2. The van der Waals surface area contributed by atoms with E-state index in [2.05, 4.69) is 9.97 Å². The highest BCUT2D eigenvalue weighted by Crippen LogP contribution is 2.34. The standard InChI is InChI=1S/C12H13F3N2O/c1-7-5-8(12(13,14)15)11-9(6-7)16-10(17-11)3-4-18-2/h5-6H,3-4H2,1-2H3,(H,16,17). The third-order valence-electron chi connectivity index (χ3n) is 2.63. The van der Waals surface area contributed by atoms with Gasteiger partial charge in [0.05, 0.1) is 17.7 Å². The number of nitrogens with one attached hydrogen (secondary N) is 1. The molecule has 2 rings (SSSR count). The first-order valence-corrected chi connectivity index (χ1v) is 5.47. The molecule has 2 aromatic rings. The fraction of sp³-hybridized carbons (Fsp3) is 0.417. The van der Waals surface area contributed by atoms with Gasteiger partial charge in [-0.15, -0.1) is 0 Å². The first kappa shape index (κ1) is 12.9. The Kier molecular flexibility index (Phi) is 3.30. The van der Waals surface area contributed by atoms with Crippen LogP contribution in [0.5, 0.6) is 0 Å². The largest absolute Gasteiger partial charge is 0.418 e. The summed E-state index contributed by atoms with van der Waals surface area (Å²) in [5.74, 6) is 0.503. The monoisotopic (exact) mass is 258 g/mol. The zero-order chi connectivity index (χ0) is 13.3. The summed E-state index contributed by atoms with van der Waals surface area (Å²) >= 11 is 0. The molecule has 0 unspecified atom stereocenters. The Hall–Kier alpha value is -1.56. The predicted octanol–water partition coefficient (Wildman–Crippen LogP) is 3.08. The minimum atomic E-state index is -4.39. The number of fused-ring (bicyclic) bond motifs is 1. The van der Waals surface area contributed by atoms with Crippen molar-refractivity contribution in [2.45, 2.75) is 19.5 Å². The van der Waals surface area contributed by atoms with Gasteiger partial charge < -0.3 is 9.72 Å². The van der Waals surface area contributed by atoms with Gasteiger partial charge in [-0.2, -0.15) is 13.2 Å². The van der Waals surface area contributed by atoms with E-state index in [4.69, 9.17) is 4.74 Å². The zero-order valence-electron chi connectivity index (χ0n) is 10.1. The van der Waals surface area contributed by atoms with Crippen molar-refractivity contribution in [1.29, 1.82) is 0 Å². The summed E-state index contributed by atoms with van der Waals surface area (Å²) in [7, 11) is 1.54. The molecule has 18 heavy (non-hydrogen) atoms. The van der Waals surface area contributed by atoms with Crippen molar-refractivity contribution < 1.29 is 17.9 Å². The molecule has 6 heteroatoms. The van der Waals surface area contributed by atoms with Gasteiger partial charge in [-0.1, -0.05) is 0 Å². The van der Waals surface area contributed by atoms with E-state index in [-0.39, 0.29) is 5.52 Å². The van der Waals surface area contributed by atoms with Crippen LogP contribution in [-0.2, 0) is 17.3 Å². The summed E-state index contributed by atoms with van der Waals surface area (Å²) in [4.78, 5) is 6.89. The van der Waals surface area contributed by atoms with E-state index in [0.717, 1.165) is 6.07 Å². The molecular weight excluding hydrogens is 245 g/mol. The molecule has 1 aromatic carbocycles. The fourth-order valence-electron chi connectivity index (χ4n) is 1.85.